The van der Waals surface area contributed by atoms with Crippen molar-refractivity contribution in [2.24, 2.45) is 23.5 Å². The van der Waals surface area contributed by atoms with Crippen molar-refractivity contribution in [3.8, 4) is 0 Å². The van der Waals surface area contributed by atoms with Gasteiger partial charge in [-0.15, -0.1) is 0 Å². The summed E-state index contributed by atoms with van der Waals surface area (Å²) in [6.07, 6.45) is 8.67. The SMILES string of the molecule is NC(=O)CN1CCCC(C(=O)N2C[C@H]3CC=CC[C@H]3C2)C1. The number of amides is 2. The lowest BCUT2D eigenvalue weighted by Crippen LogP contribution is -2.46. The third-order valence-electron chi connectivity index (χ3n) is 5.17. The first-order chi connectivity index (χ1) is 10.1. The molecule has 1 unspecified atom stereocenters. The first-order valence-corrected chi connectivity index (χ1v) is 8.08. The Morgan fingerprint density at radius 1 is 1.10 bits per heavy atom. The monoisotopic (exact) mass is 291 g/mol. The molecular formula is C16H25N3O2. The van der Waals surface area contributed by atoms with Crippen LogP contribution in [0.4, 0.5) is 0 Å². The molecule has 2 amide bonds. The average Bonchev–Trinajstić information content (AvgIpc) is 2.90. The highest BCUT2D eigenvalue weighted by Gasteiger charge is 2.38. The first-order valence-electron chi connectivity index (χ1n) is 8.08. The van der Waals surface area contributed by atoms with E-state index in [-0.39, 0.29) is 18.4 Å². The summed E-state index contributed by atoms with van der Waals surface area (Å²) in [5.41, 5.74) is 5.26. The van der Waals surface area contributed by atoms with Gasteiger partial charge in [0.25, 0.3) is 0 Å². The van der Waals surface area contributed by atoms with Crippen molar-refractivity contribution in [2.45, 2.75) is 25.7 Å². The van der Waals surface area contributed by atoms with E-state index in [2.05, 4.69) is 17.1 Å². The maximum absolute atomic E-state index is 12.7. The van der Waals surface area contributed by atoms with Crippen molar-refractivity contribution in [1.29, 1.82) is 0 Å². The number of rotatable bonds is 3. The second-order valence-electron chi connectivity index (χ2n) is 6.75. The van der Waals surface area contributed by atoms with Crippen LogP contribution < -0.4 is 5.73 Å². The molecule has 0 bridgehead atoms. The van der Waals surface area contributed by atoms with E-state index < -0.39 is 0 Å². The van der Waals surface area contributed by atoms with Gasteiger partial charge in [0.1, 0.15) is 0 Å². The normalized spacial score (nSPS) is 33.0. The number of fused-ring (bicyclic) bond motifs is 1. The molecule has 2 aliphatic heterocycles. The molecule has 0 spiro atoms. The summed E-state index contributed by atoms with van der Waals surface area (Å²) in [4.78, 5) is 27.9. The first kappa shape index (κ1) is 14.6. The zero-order chi connectivity index (χ0) is 14.8. The van der Waals surface area contributed by atoms with Crippen LogP contribution in [0.3, 0.4) is 0 Å². The number of piperidine rings is 1. The number of hydrogen-bond donors (Lipinski definition) is 1. The summed E-state index contributed by atoms with van der Waals surface area (Å²) in [5.74, 6) is 1.35. The maximum atomic E-state index is 12.7. The third-order valence-corrected chi connectivity index (χ3v) is 5.17. The summed E-state index contributed by atoms with van der Waals surface area (Å²) in [6, 6.07) is 0. The number of nitrogens with zero attached hydrogens (tertiary/aromatic N) is 2. The third kappa shape index (κ3) is 3.28. The van der Waals surface area contributed by atoms with Gasteiger partial charge in [0.2, 0.25) is 11.8 Å². The van der Waals surface area contributed by atoms with Gasteiger partial charge < -0.3 is 10.6 Å². The minimum atomic E-state index is -0.304. The molecule has 21 heavy (non-hydrogen) atoms. The Morgan fingerprint density at radius 2 is 1.76 bits per heavy atom. The van der Waals surface area contributed by atoms with E-state index in [0.717, 1.165) is 45.3 Å². The average molecular weight is 291 g/mol. The summed E-state index contributed by atoms with van der Waals surface area (Å²) >= 11 is 0. The van der Waals surface area contributed by atoms with Crippen LogP contribution in [0.2, 0.25) is 0 Å². The van der Waals surface area contributed by atoms with Crippen LogP contribution in [0.15, 0.2) is 12.2 Å². The Hall–Kier alpha value is -1.36. The molecule has 2 fully saturated rings. The lowest BCUT2D eigenvalue weighted by Gasteiger charge is -2.33. The van der Waals surface area contributed by atoms with Crippen molar-refractivity contribution < 1.29 is 9.59 Å². The molecule has 3 atom stereocenters. The van der Waals surface area contributed by atoms with Gasteiger partial charge in [0, 0.05) is 19.6 Å². The largest absolute Gasteiger partial charge is 0.369 e. The highest BCUT2D eigenvalue weighted by Crippen LogP contribution is 2.34. The smallest absolute Gasteiger partial charge is 0.231 e. The molecule has 2 heterocycles. The van der Waals surface area contributed by atoms with Gasteiger partial charge in [0.15, 0.2) is 0 Å². The molecule has 116 valence electrons. The van der Waals surface area contributed by atoms with E-state index in [4.69, 9.17) is 5.73 Å². The summed E-state index contributed by atoms with van der Waals surface area (Å²) in [6.45, 7) is 3.67. The molecule has 3 rings (SSSR count). The predicted octanol–water partition coefficient (Wildman–Crippen LogP) is 0.608. The van der Waals surface area contributed by atoms with Gasteiger partial charge in [-0.05, 0) is 44.1 Å². The van der Waals surface area contributed by atoms with E-state index in [1.54, 1.807) is 0 Å². The van der Waals surface area contributed by atoms with Crippen molar-refractivity contribution in [2.75, 3.05) is 32.7 Å². The van der Waals surface area contributed by atoms with E-state index in [9.17, 15) is 9.59 Å². The number of allylic oxidation sites excluding steroid dienone is 2. The predicted molar refractivity (Wildman–Crippen MR) is 80.3 cm³/mol. The summed E-state index contributed by atoms with van der Waals surface area (Å²) in [7, 11) is 0. The molecule has 3 aliphatic rings. The van der Waals surface area contributed by atoms with Crippen LogP contribution >= 0.6 is 0 Å². The molecule has 5 heteroatoms. The Bertz CT molecular complexity index is 433. The van der Waals surface area contributed by atoms with Crippen LogP contribution in [0.1, 0.15) is 25.7 Å². The molecular weight excluding hydrogens is 266 g/mol. The fourth-order valence-electron chi connectivity index (χ4n) is 4.07. The number of hydrogen-bond acceptors (Lipinski definition) is 3. The highest BCUT2D eigenvalue weighted by atomic mass is 16.2. The topological polar surface area (TPSA) is 66.6 Å². The van der Waals surface area contributed by atoms with Crippen LogP contribution in [0.25, 0.3) is 0 Å². The highest BCUT2D eigenvalue weighted by molar-refractivity contribution is 5.80. The molecule has 0 radical (unpaired) electrons. The Morgan fingerprint density at radius 3 is 2.38 bits per heavy atom. The van der Waals surface area contributed by atoms with Crippen LogP contribution in [0, 0.1) is 17.8 Å². The van der Waals surface area contributed by atoms with E-state index in [1.807, 2.05) is 4.90 Å². The molecule has 0 aromatic carbocycles. The Labute approximate surface area is 126 Å². The number of primary amides is 1. The minimum Gasteiger partial charge on any atom is -0.369 e. The second-order valence-corrected chi connectivity index (χ2v) is 6.75. The van der Waals surface area contributed by atoms with Gasteiger partial charge in [-0.1, -0.05) is 12.2 Å². The van der Waals surface area contributed by atoms with Gasteiger partial charge in [-0.3, -0.25) is 14.5 Å². The van der Waals surface area contributed by atoms with Crippen molar-refractivity contribution in [3.63, 3.8) is 0 Å². The number of carbonyl (C=O) groups is 2. The summed E-state index contributed by atoms with van der Waals surface area (Å²) in [5, 5.41) is 0. The Balaban J connectivity index is 1.56. The molecule has 5 nitrogen and oxygen atoms in total. The number of carbonyl (C=O) groups excluding carboxylic acids is 2. The van der Waals surface area contributed by atoms with E-state index in [1.165, 1.54) is 0 Å². The van der Waals surface area contributed by atoms with E-state index >= 15 is 0 Å². The second kappa shape index (κ2) is 6.18. The molecule has 1 aliphatic carbocycles. The van der Waals surface area contributed by atoms with Crippen molar-refractivity contribution >= 4 is 11.8 Å². The fourth-order valence-corrected chi connectivity index (χ4v) is 4.07. The molecule has 2 N–H and O–H groups in total. The molecule has 0 saturated carbocycles. The number of likely N-dealkylation sites (tertiary alicyclic amines) is 2. The molecule has 0 aromatic heterocycles. The zero-order valence-corrected chi connectivity index (χ0v) is 12.5. The van der Waals surface area contributed by atoms with Gasteiger partial charge in [0.05, 0.1) is 12.5 Å². The fraction of sp³-hybridized carbons (Fsp3) is 0.750. The quantitative estimate of drug-likeness (QED) is 0.775. The van der Waals surface area contributed by atoms with Gasteiger partial charge in [-0.25, -0.2) is 0 Å². The van der Waals surface area contributed by atoms with Crippen molar-refractivity contribution in [3.05, 3.63) is 12.2 Å². The van der Waals surface area contributed by atoms with Crippen LogP contribution in [-0.4, -0.2) is 54.3 Å². The van der Waals surface area contributed by atoms with E-state index in [0.29, 0.717) is 24.3 Å². The number of nitrogens with two attached hydrogens (primary N) is 1. The lowest BCUT2D eigenvalue weighted by molar-refractivity contribution is -0.137. The lowest BCUT2D eigenvalue weighted by atomic mass is 9.86. The van der Waals surface area contributed by atoms with Gasteiger partial charge >= 0.3 is 0 Å². The molecule has 2 saturated heterocycles. The maximum Gasteiger partial charge on any atom is 0.231 e. The molecule has 0 aromatic rings. The van der Waals surface area contributed by atoms with Crippen molar-refractivity contribution in [1.82, 2.24) is 9.80 Å². The van der Waals surface area contributed by atoms with Gasteiger partial charge in [-0.2, -0.15) is 0 Å². The standard InChI is InChI=1S/C16H25N3O2/c17-15(20)11-18-7-3-6-14(8-18)16(21)19-9-12-4-1-2-5-13(12)10-19/h1-2,12-14H,3-11H2,(H2,17,20)/t12-,13+,14?. The minimum absolute atomic E-state index is 0.0474. The van der Waals surface area contributed by atoms with Crippen LogP contribution in [0.5, 0.6) is 0 Å². The zero-order valence-electron chi connectivity index (χ0n) is 12.5. The summed E-state index contributed by atoms with van der Waals surface area (Å²) < 4.78 is 0. The Kier molecular flexibility index (Phi) is 4.29. The van der Waals surface area contributed by atoms with Crippen LogP contribution in [-0.2, 0) is 9.59 Å².